The van der Waals surface area contributed by atoms with E-state index in [1.165, 1.54) is 4.90 Å². The SMILES string of the molecule is C[C@@H](NC(=O)C[NH+]1CCN(c2ccc(O)cc2)CC1)c1ccc(Cl)c(Cl)c1. The van der Waals surface area contributed by atoms with Crippen molar-refractivity contribution < 1.29 is 14.8 Å². The number of benzene rings is 2. The Balaban J connectivity index is 1.47. The van der Waals surface area contributed by atoms with E-state index >= 15 is 0 Å². The minimum absolute atomic E-state index is 0.0293. The van der Waals surface area contributed by atoms with Crippen LogP contribution in [0.1, 0.15) is 18.5 Å². The molecule has 0 bridgehead atoms. The zero-order chi connectivity index (χ0) is 19.4. The van der Waals surface area contributed by atoms with E-state index in [9.17, 15) is 9.90 Å². The molecule has 0 saturated carbocycles. The molecule has 1 saturated heterocycles. The Morgan fingerprint density at radius 2 is 1.81 bits per heavy atom. The second-order valence-electron chi connectivity index (χ2n) is 6.89. The molecule has 0 aliphatic carbocycles. The first-order valence-electron chi connectivity index (χ1n) is 9.04. The minimum atomic E-state index is -0.120. The number of carbonyl (C=O) groups is 1. The fraction of sp³-hybridized carbons (Fsp3) is 0.350. The van der Waals surface area contributed by atoms with Crippen LogP contribution in [-0.2, 0) is 4.79 Å². The van der Waals surface area contributed by atoms with Crippen LogP contribution < -0.4 is 15.1 Å². The summed E-state index contributed by atoms with van der Waals surface area (Å²) in [6.45, 7) is 5.96. The van der Waals surface area contributed by atoms with Gasteiger partial charge >= 0.3 is 0 Å². The molecule has 2 aromatic carbocycles. The predicted molar refractivity (Wildman–Crippen MR) is 109 cm³/mol. The van der Waals surface area contributed by atoms with Crippen LogP contribution in [0.15, 0.2) is 42.5 Å². The third kappa shape index (κ3) is 5.28. The number of hydrogen-bond donors (Lipinski definition) is 3. The molecule has 1 aliphatic heterocycles. The number of anilines is 1. The second-order valence-corrected chi connectivity index (χ2v) is 7.71. The van der Waals surface area contributed by atoms with Crippen LogP contribution in [0.25, 0.3) is 0 Å². The highest BCUT2D eigenvalue weighted by Crippen LogP contribution is 2.25. The van der Waals surface area contributed by atoms with Crippen LogP contribution in [0.4, 0.5) is 5.69 Å². The fourth-order valence-corrected chi connectivity index (χ4v) is 3.61. The van der Waals surface area contributed by atoms with Gasteiger partial charge in [0.05, 0.1) is 42.3 Å². The van der Waals surface area contributed by atoms with Crippen molar-refractivity contribution in [2.75, 3.05) is 37.6 Å². The van der Waals surface area contributed by atoms with Gasteiger partial charge in [-0.25, -0.2) is 0 Å². The topological polar surface area (TPSA) is 57.0 Å². The normalized spacial score (nSPS) is 16.2. The highest BCUT2D eigenvalue weighted by Gasteiger charge is 2.23. The van der Waals surface area contributed by atoms with Gasteiger partial charge in [0.15, 0.2) is 6.54 Å². The van der Waals surface area contributed by atoms with Gasteiger partial charge in [-0.3, -0.25) is 4.79 Å². The molecule has 1 aliphatic rings. The van der Waals surface area contributed by atoms with Gasteiger partial charge in [-0.2, -0.15) is 0 Å². The molecule has 2 aromatic rings. The lowest BCUT2D eigenvalue weighted by Gasteiger charge is -2.33. The van der Waals surface area contributed by atoms with E-state index < -0.39 is 0 Å². The third-order valence-electron chi connectivity index (χ3n) is 4.92. The molecule has 0 unspecified atom stereocenters. The predicted octanol–water partition coefficient (Wildman–Crippen LogP) is 2.28. The molecule has 3 N–H and O–H groups in total. The van der Waals surface area contributed by atoms with Gasteiger partial charge in [0.2, 0.25) is 0 Å². The van der Waals surface area contributed by atoms with E-state index in [4.69, 9.17) is 23.2 Å². The Morgan fingerprint density at radius 1 is 1.15 bits per heavy atom. The smallest absolute Gasteiger partial charge is 0.275 e. The Kier molecular flexibility index (Phi) is 6.47. The first-order valence-corrected chi connectivity index (χ1v) is 9.80. The zero-order valence-electron chi connectivity index (χ0n) is 15.2. The Bertz CT molecular complexity index is 790. The van der Waals surface area contributed by atoms with Crippen LogP contribution in [0.2, 0.25) is 10.0 Å². The molecule has 1 atom stereocenters. The van der Waals surface area contributed by atoms with Crippen molar-refractivity contribution in [2.45, 2.75) is 13.0 Å². The summed E-state index contributed by atoms with van der Waals surface area (Å²) in [6.07, 6.45) is 0. The average molecular weight is 409 g/mol. The standard InChI is InChI=1S/C20H23Cl2N3O2/c1-14(15-2-7-18(21)19(22)12-15)23-20(27)13-24-8-10-25(11-9-24)16-3-5-17(26)6-4-16/h2-7,12,14,26H,8-11,13H2,1H3,(H,23,27)/p+1/t14-/m1/s1. The summed E-state index contributed by atoms with van der Waals surface area (Å²) in [5.74, 6) is 0.303. The Hall–Kier alpha value is -1.95. The lowest BCUT2D eigenvalue weighted by molar-refractivity contribution is -0.892. The highest BCUT2D eigenvalue weighted by atomic mass is 35.5. The molecule has 0 aromatic heterocycles. The number of phenols is 1. The van der Waals surface area contributed by atoms with Crippen molar-refractivity contribution in [2.24, 2.45) is 0 Å². The number of nitrogens with zero attached hydrogens (tertiary/aromatic N) is 1. The van der Waals surface area contributed by atoms with Gasteiger partial charge in [-0.1, -0.05) is 29.3 Å². The van der Waals surface area contributed by atoms with Crippen molar-refractivity contribution >= 4 is 34.8 Å². The van der Waals surface area contributed by atoms with E-state index in [-0.39, 0.29) is 17.7 Å². The Morgan fingerprint density at radius 3 is 2.44 bits per heavy atom. The molecule has 144 valence electrons. The van der Waals surface area contributed by atoms with Crippen LogP contribution >= 0.6 is 23.2 Å². The number of rotatable bonds is 5. The van der Waals surface area contributed by atoms with Crippen LogP contribution in [0.3, 0.4) is 0 Å². The maximum Gasteiger partial charge on any atom is 0.275 e. The van der Waals surface area contributed by atoms with Crippen molar-refractivity contribution in [3.63, 3.8) is 0 Å². The molecule has 1 amide bonds. The molecule has 1 fully saturated rings. The van der Waals surface area contributed by atoms with E-state index in [1.54, 1.807) is 24.3 Å². The molecule has 3 rings (SSSR count). The molecule has 1 heterocycles. The largest absolute Gasteiger partial charge is 0.508 e. The van der Waals surface area contributed by atoms with E-state index in [2.05, 4.69) is 10.2 Å². The first kappa shape index (κ1) is 19.8. The van der Waals surface area contributed by atoms with Gasteiger partial charge in [0, 0.05) is 5.69 Å². The number of nitrogens with one attached hydrogen (secondary N) is 2. The minimum Gasteiger partial charge on any atom is -0.508 e. The van der Waals surface area contributed by atoms with Crippen LogP contribution in [0.5, 0.6) is 5.75 Å². The highest BCUT2D eigenvalue weighted by molar-refractivity contribution is 6.42. The molecule has 27 heavy (non-hydrogen) atoms. The molecule has 0 radical (unpaired) electrons. The van der Waals surface area contributed by atoms with E-state index in [0.29, 0.717) is 16.6 Å². The number of halogens is 2. The summed E-state index contributed by atoms with van der Waals surface area (Å²) in [5.41, 5.74) is 2.04. The lowest BCUT2D eigenvalue weighted by Crippen LogP contribution is -3.15. The van der Waals surface area contributed by atoms with Crippen LogP contribution in [-0.4, -0.2) is 43.7 Å². The molecule has 7 heteroatoms. The fourth-order valence-electron chi connectivity index (χ4n) is 3.31. The number of hydrogen-bond acceptors (Lipinski definition) is 3. The van der Waals surface area contributed by atoms with Gasteiger partial charge in [0.1, 0.15) is 5.75 Å². The lowest BCUT2D eigenvalue weighted by atomic mass is 10.1. The Labute approximate surface area is 169 Å². The third-order valence-corrected chi connectivity index (χ3v) is 5.66. The zero-order valence-corrected chi connectivity index (χ0v) is 16.7. The molecular formula is C20H24Cl2N3O2+. The number of phenolic OH excluding ortho intramolecular Hbond substituents is 1. The van der Waals surface area contributed by atoms with Crippen molar-refractivity contribution in [1.29, 1.82) is 0 Å². The summed E-state index contributed by atoms with van der Waals surface area (Å²) < 4.78 is 0. The van der Waals surface area contributed by atoms with Crippen molar-refractivity contribution in [1.82, 2.24) is 5.32 Å². The average Bonchev–Trinajstić information content (AvgIpc) is 2.65. The summed E-state index contributed by atoms with van der Waals surface area (Å²) in [5, 5.41) is 13.4. The number of amides is 1. The number of quaternary nitrogens is 1. The number of piperazine rings is 1. The number of carbonyl (C=O) groups excluding carboxylic acids is 1. The molecule has 5 nitrogen and oxygen atoms in total. The molecule has 0 spiro atoms. The van der Waals surface area contributed by atoms with Crippen LogP contribution in [0, 0.1) is 0 Å². The van der Waals surface area contributed by atoms with Gasteiger partial charge in [-0.05, 0) is 48.9 Å². The van der Waals surface area contributed by atoms with E-state index in [0.717, 1.165) is 37.4 Å². The molecular weight excluding hydrogens is 385 g/mol. The summed E-state index contributed by atoms with van der Waals surface area (Å²) in [6, 6.07) is 12.5. The number of aromatic hydroxyl groups is 1. The quantitative estimate of drug-likeness (QED) is 0.711. The second kappa shape index (κ2) is 8.83. The summed E-state index contributed by atoms with van der Waals surface area (Å²) in [7, 11) is 0. The maximum atomic E-state index is 12.4. The maximum absolute atomic E-state index is 12.4. The van der Waals surface area contributed by atoms with Gasteiger partial charge < -0.3 is 20.2 Å². The van der Waals surface area contributed by atoms with E-state index in [1.807, 2.05) is 25.1 Å². The van der Waals surface area contributed by atoms with Gasteiger partial charge in [-0.15, -0.1) is 0 Å². The monoisotopic (exact) mass is 408 g/mol. The van der Waals surface area contributed by atoms with Crippen molar-refractivity contribution in [3.05, 3.63) is 58.1 Å². The first-order chi connectivity index (χ1) is 12.9. The van der Waals surface area contributed by atoms with Gasteiger partial charge in [0.25, 0.3) is 5.91 Å². The van der Waals surface area contributed by atoms with Crippen molar-refractivity contribution in [3.8, 4) is 5.75 Å². The summed E-state index contributed by atoms with van der Waals surface area (Å²) >= 11 is 12.0. The summed E-state index contributed by atoms with van der Waals surface area (Å²) in [4.78, 5) is 15.9.